The van der Waals surface area contributed by atoms with Gasteiger partial charge in [-0.3, -0.25) is 15.0 Å². The number of ketones is 1. The van der Waals surface area contributed by atoms with Crippen molar-refractivity contribution in [1.29, 1.82) is 5.41 Å². The molecule has 0 unspecified atom stereocenters. The summed E-state index contributed by atoms with van der Waals surface area (Å²) in [6.45, 7) is 5.28. The van der Waals surface area contributed by atoms with Crippen molar-refractivity contribution >= 4 is 11.6 Å². The van der Waals surface area contributed by atoms with E-state index in [1.807, 2.05) is 18.2 Å². The molecule has 1 heterocycles. The highest BCUT2D eigenvalue weighted by Crippen LogP contribution is 2.34. The van der Waals surface area contributed by atoms with Crippen molar-refractivity contribution < 1.29 is 14.4 Å². The number of fused-ring (bicyclic) bond motifs is 1. The third kappa shape index (κ3) is 4.06. The van der Waals surface area contributed by atoms with E-state index in [0.29, 0.717) is 18.0 Å². The monoisotopic (exact) mass is 388 g/mol. The van der Waals surface area contributed by atoms with Gasteiger partial charge in [0.25, 0.3) is 0 Å². The predicted molar refractivity (Wildman–Crippen MR) is 108 cm³/mol. The molecule has 2 aliphatic rings. The molecule has 0 bridgehead atoms. The van der Waals surface area contributed by atoms with Crippen LogP contribution < -0.4 is 21.7 Å². The minimum Gasteiger partial charge on any atom is -0.487 e. The number of nitrogens with two attached hydrogens (primary N) is 2. The van der Waals surface area contributed by atoms with Crippen LogP contribution in [0.25, 0.3) is 0 Å². The second-order valence-corrected chi connectivity index (χ2v) is 8.65. The number of ether oxygens (including phenoxy) is 1. The minimum atomic E-state index is -1.17. The van der Waals surface area contributed by atoms with Crippen LogP contribution in [0.3, 0.4) is 0 Å². The highest BCUT2D eigenvalue weighted by atomic mass is 16.7. The number of aryl methyl sites for hydroxylation is 1. The third-order valence-electron chi connectivity index (χ3n) is 6.41. The van der Waals surface area contributed by atoms with Crippen LogP contribution in [-0.4, -0.2) is 34.9 Å². The van der Waals surface area contributed by atoms with Crippen molar-refractivity contribution in [3.05, 3.63) is 29.3 Å². The maximum absolute atomic E-state index is 12.0. The van der Waals surface area contributed by atoms with Crippen LogP contribution in [-0.2, 0) is 16.1 Å². The molecular weight excluding hydrogens is 356 g/mol. The fraction of sp³-hybridized carbons (Fsp3) is 0.619. The van der Waals surface area contributed by atoms with E-state index in [4.69, 9.17) is 26.6 Å². The molecule has 0 amide bonds. The van der Waals surface area contributed by atoms with E-state index in [9.17, 15) is 4.79 Å². The molecule has 1 aromatic rings. The molecule has 1 aliphatic carbocycles. The van der Waals surface area contributed by atoms with Gasteiger partial charge in [0, 0.05) is 17.1 Å². The van der Waals surface area contributed by atoms with Gasteiger partial charge in [-0.25, -0.2) is 5.90 Å². The normalized spacial score (nSPS) is 29.2. The number of amidine groups is 1. The SMILES string of the molecule is CC(=O)[C@@](C)(ON)[C@H]1CCc2cc(C(=N)N[C@]3(C)CC[C@@H](N)CC3)ccc2O1. The number of carbonyl (C=O) groups excluding carboxylic acids is 1. The fourth-order valence-electron chi connectivity index (χ4n) is 4.09. The number of nitrogens with one attached hydrogen (secondary N) is 2. The first-order valence-corrected chi connectivity index (χ1v) is 9.98. The van der Waals surface area contributed by atoms with Gasteiger partial charge in [0.2, 0.25) is 0 Å². The van der Waals surface area contributed by atoms with E-state index in [0.717, 1.165) is 43.2 Å². The third-order valence-corrected chi connectivity index (χ3v) is 6.41. The Morgan fingerprint density at radius 2 is 2.04 bits per heavy atom. The van der Waals surface area contributed by atoms with Crippen molar-refractivity contribution in [3.63, 3.8) is 0 Å². The largest absolute Gasteiger partial charge is 0.487 e. The minimum absolute atomic E-state index is 0.0911. The highest BCUT2D eigenvalue weighted by molar-refractivity contribution is 5.97. The molecule has 0 saturated heterocycles. The van der Waals surface area contributed by atoms with Gasteiger partial charge in [-0.15, -0.1) is 0 Å². The average molecular weight is 389 g/mol. The standard InChI is InChI=1S/C21H32N4O3/c1-13(26)21(3,28-24)18-7-5-14-12-15(4-6-17(14)27-18)19(23)25-20(2)10-8-16(22)9-11-20/h4,6,12,16,18H,5,7-11,22,24H2,1-3H3,(H2,23,25)/t16-,18-,20-,21-/m1/s1. The van der Waals surface area contributed by atoms with Gasteiger partial charge < -0.3 is 15.8 Å². The molecule has 7 heteroatoms. The van der Waals surface area contributed by atoms with Crippen molar-refractivity contribution in [3.8, 4) is 5.75 Å². The molecule has 1 fully saturated rings. The summed E-state index contributed by atoms with van der Waals surface area (Å²) in [5.74, 6) is 6.36. The van der Waals surface area contributed by atoms with Gasteiger partial charge in [-0.2, -0.15) is 0 Å². The second kappa shape index (κ2) is 7.81. The van der Waals surface area contributed by atoms with E-state index >= 15 is 0 Å². The average Bonchev–Trinajstić information content (AvgIpc) is 2.68. The molecule has 2 atom stereocenters. The van der Waals surface area contributed by atoms with Gasteiger partial charge in [0.15, 0.2) is 11.4 Å². The van der Waals surface area contributed by atoms with Crippen LogP contribution in [0.4, 0.5) is 0 Å². The molecule has 154 valence electrons. The van der Waals surface area contributed by atoms with E-state index < -0.39 is 11.7 Å². The summed E-state index contributed by atoms with van der Waals surface area (Å²) in [5, 5.41) is 11.9. The van der Waals surface area contributed by atoms with Gasteiger partial charge in [-0.1, -0.05) is 0 Å². The summed E-state index contributed by atoms with van der Waals surface area (Å²) >= 11 is 0. The molecular formula is C21H32N4O3. The fourth-order valence-corrected chi connectivity index (χ4v) is 4.09. The van der Waals surface area contributed by atoms with Crippen LogP contribution in [0.5, 0.6) is 5.75 Å². The molecule has 3 rings (SSSR count). The molecule has 0 radical (unpaired) electrons. The first kappa shape index (κ1) is 20.8. The number of hydrogen-bond acceptors (Lipinski definition) is 6. The maximum Gasteiger partial charge on any atom is 0.180 e. The van der Waals surface area contributed by atoms with E-state index in [-0.39, 0.29) is 17.4 Å². The highest BCUT2D eigenvalue weighted by Gasteiger charge is 2.43. The van der Waals surface area contributed by atoms with Gasteiger partial charge in [0.1, 0.15) is 17.7 Å². The molecule has 0 spiro atoms. The second-order valence-electron chi connectivity index (χ2n) is 8.65. The van der Waals surface area contributed by atoms with Crippen molar-refractivity contribution in [2.75, 3.05) is 0 Å². The van der Waals surface area contributed by atoms with E-state index in [1.165, 1.54) is 6.92 Å². The maximum atomic E-state index is 12.0. The van der Waals surface area contributed by atoms with E-state index in [1.54, 1.807) is 6.92 Å². The summed E-state index contributed by atoms with van der Waals surface area (Å²) in [6, 6.07) is 6.01. The summed E-state index contributed by atoms with van der Waals surface area (Å²) in [5.41, 5.74) is 6.62. The number of rotatable bonds is 5. The molecule has 1 aliphatic heterocycles. The van der Waals surface area contributed by atoms with Crippen molar-refractivity contribution in [1.82, 2.24) is 5.32 Å². The molecule has 6 N–H and O–H groups in total. The zero-order chi connectivity index (χ0) is 20.5. The first-order valence-electron chi connectivity index (χ1n) is 9.98. The van der Waals surface area contributed by atoms with Gasteiger partial charge in [-0.05, 0) is 83.1 Å². The Balaban J connectivity index is 1.71. The summed E-state index contributed by atoms with van der Waals surface area (Å²) in [6.07, 6.45) is 4.82. The summed E-state index contributed by atoms with van der Waals surface area (Å²) < 4.78 is 6.03. The molecule has 1 saturated carbocycles. The lowest BCUT2D eigenvalue weighted by molar-refractivity contribution is -0.156. The number of Topliss-reactive ketones (excluding diaryl/α,β-unsaturated/α-hetero) is 1. The van der Waals surface area contributed by atoms with Crippen LogP contribution in [0.15, 0.2) is 18.2 Å². The molecule has 7 nitrogen and oxygen atoms in total. The first-order chi connectivity index (χ1) is 13.2. The molecule has 0 aromatic heterocycles. The summed E-state index contributed by atoms with van der Waals surface area (Å²) in [4.78, 5) is 17.0. The van der Waals surface area contributed by atoms with Crippen LogP contribution in [0.1, 0.15) is 64.0 Å². The Morgan fingerprint density at radius 3 is 2.64 bits per heavy atom. The van der Waals surface area contributed by atoms with Crippen LogP contribution in [0.2, 0.25) is 0 Å². The number of carbonyl (C=O) groups is 1. The molecule has 1 aromatic carbocycles. The Labute approximate surface area is 166 Å². The smallest absolute Gasteiger partial charge is 0.180 e. The van der Waals surface area contributed by atoms with Crippen molar-refractivity contribution in [2.45, 2.75) is 82.6 Å². The van der Waals surface area contributed by atoms with E-state index in [2.05, 4.69) is 12.2 Å². The Morgan fingerprint density at radius 1 is 1.36 bits per heavy atom. The lowest BCUT2D eigenvalue weighted by Gasteiger charge is -2.38. The lowest BCUT2D eigenvalue weighted by Crippen LogP contribution is -2.53. The van der Waals surface area contributed by atoms with Gasteiger partial charge in [0.05, 0.1) is 0 Å². The number of benzene rings is 1. The predicted octanol–water partition coefficient (Wildman–Crippen LogP) is 2.19. The Kier molecular flexibility index (Phi) is 5.79. The Bertz CT molecular complexity index is 758. The summed E-state index contributed by atoms with van der Waals surface area (Å²) in [7, 11) is 0. The zero-order valence-electron chi connectivity index (χ0n) is 17.0. The lowest BCUT2D eigenvalue weighted by atomic mass is 9.81. The van der Waals surface area contributed by atoms with Crippen LogP contribution in [0, 0.1) is 5.41 Å². The zero-order valence-corrected chi connectivity index (χ0v) is 17.0. The Hall–Kier alpha value is -1.96. The van der Waals surface area contributed by atoms with Crippen molar-refractivity contribution in [2.24, 2.45) is 11.6 Å². The van der Waals surface area contributed by atoms with Crippen LogP contribution >= 0.6 is 0 Å². The molecule has 28 heavy (non-hydrogen) atoms. The number of hydrogen-bond donors (Lipinski definition) is 4. The quantitative estimate of drug-likeness (QED) is 0.348. The van der Waals surface area contributed by atoms with Gasteiger partial charge >= 0.3 is 0 Å². The topological polar surface area (TPSA) is 123 Å².